The molecule has 33 heavy (non-hydrogen) atoms. The minimum Gasteiger partial charge on any atom is -0.339 e. The lowest BCUT2D eigenvalue weighted by Crippen LogP contribution is -2.32. The number of hydrogen-bond donors (Lipinski definition) is 2. The highest BCUT2D eigenvalue weighted by atomic mass is 35.5. The highest BCUT2D eigenvalue weighted by Gasteiger charge is 2.25. The summed E-state index contributed by atoms with van der Waals surface area (Å²) in [6, 6.07) is 23.7. The van der Waals surface area contributed by atoms with E-state index in [1.54, 1.807) is 24.3 Å². The predicted molar refractivity (Wildman–Crippen MR) is 133 cm³/mol. The molecule has 0 aliphatic rings. The van der Waals surface area contributed by atoms with Crippen molar-refractivity contribution in [1.29, 1.82) is 0 Å². The van der Waals surface area contributed by atoms with Crippen molar-refractivity contribution in [3.05, 3.63) is 95.1 Å². The van der Waals surface area contributed by atoms with Gasteiger partial charge in [-0.3, -0.25) is 0 Å². The molecule has 3 aromatic carbocycles. The zero-order chi connectivity index (χ0) is 23.4. The van der Waals surface area contributed by atoms with E-state index in [1.165, 1.54) is 0 Å². The zero-order valence-corrected chi connectivity index (χ0v) is 19.7. The fourth-order valence-electron chi connectivity index (χ4n) is 3.90. The number of para-hydroxylation sites is 1. The number of halogens is 1. The van der Waals surface area contributed by atoms with Crippen LogP contribution in [0.4, 0.5) is 10.5 Å². The molecule has 0 spiro atoms. The number of nitrogens with one attached hydrogen (secondary N) is 2. The molecule has 0 unspecified atom stereocenters. The third-order valence-electron chi connectivity index (χ3n) is 5.41. The third kappa shape index (κ3) is 5.21. The first kappa shape index (κ1) is 22.9. The van der Waals surface area contributed by atoms with Crippen LogP contribution in [0.25, 0.3) is 10.9 Å². The van der Waals surface area contributed by atoms with Crippen LogP contribution in [0.2, 0.25) is 5.02 Å². The van der Waals surface area contributed by atoms with Gasteiger partial charge >= 0.3 is 6.03 Å². The van der Waals surface area contributed by atoms with Gasteiger partial charge < -0.3 is 15.2 Å². The summed E-state index contributed by atoms with van der Waals surface area (Å²) in [6.07, 6.45) is 0. The number of carbonyl (C=O) groups is 1. The van der Waals surface area contributed by atoms with E-state index >= 15 is 0 Å². The summed E-state index contributed by atoms with van der Waals surface area (Å²) in [5, 5.41) is 6.45. The molecule has 2 amide bonds. The fraction of sp³-hybridized carbons (Fsp3) is 0.160. The first-order valence-electron chi connectivity index (χ1n) is 10.5. The SMILES string of the molecule is Cc1c(S(=O)(=O)CCNC(=O)Nc2cccc(Cl)c2)c2ccccc2n1Cc1ccccc1. The van der Waals surface area contributed by atoms with Crippen LogP contribution >= 0.6 is 11.6 Å². The second kappa shape index (κ2) is 9.68. The topological polar surface area (TPSA) is 80.2 Å². The Morgan fingerprint density at radius 1 is 0.970 bits per heavy atom. The van der Waals surface area contributed by atoms with Crippen molar-refractivity contribution < 1.29 is 13.2 Å². The van der Waals surface area contributed by atoms with Gasteiger partial charge in [0.1, 0.15) is 0 Å². The molecule has 0 saturated carbocycles. The number of sulfone groups is 1. The molecule has 2 N–H and O–H groups in total. The summed E-state index contributed by atoms with van der Waals surface area (Å²) in [7, 11) is -3.65. The average Bonchev–Trinajstić information content (AvgIpc) is 3.06. The molecule has 1 heterocycles. The van der Waals surface area contributed by atoms with Crippen LogP contribution in [-0.4, -0.2) is 31.3 Å². The molecule has 8 heteroatoms. The van der Waals surface area contributed by atoms with Gasteiger partial charge in [-0.25, -0.2) is 13.2 Å². The number of aromatic nitrogens is 1. The third-order valence-corrected chi connectivity index (χ3v) is 7.52. The molecule has 0 fully saturated rings. The number of rotatable bonds is 7. The number of anilines is 1. The fourth-order valence-corrected chi connectivity index (χ4v) is 5.74. The molecule has 4 aromatic rings. The van der Waals surface area contributed by atoms with Crippen LogP contribution < -0.4 is 10.6 Å². The molecule has 0 saturated heterocycles. The summed E-state index contributed by atoms with van der Waals surface area (Å²) in [4.78, 5) is 12.5. The highest BCUT2D eigenvalue weighted by Crippen LogP contribution is 2.31. The van der Waals surface area contributed by atoms with Crippen LogP contribution in [-0.2, 0) is 16.4 Å². The van der Waals surface area contributed by atoms with E-state index in [4.69, 9.17) is 11.6 Å². The van der Waals surface area contributed by atoms with E-state index in [-0.39, 0.29) is 12.3 Å². The number of hydrogen-bond acceptors (Lipinski definition) is 3. The largest absolute Gasteiger partial charge is 0.339 e. The van der Waals surface area contributed by atoms with Crippen LogP contribution in [0.3, 0.4) is 0 Å². The van der Waals surface area contributed by atoms with E-state index in [1.807, 2.05) is 66.1 Å². The first-order valence-corrected chi connectivity index (χ1v) is 12.5. The number of carbonyl (C=O) groups excluding carboxylic acids is 1. The molecule has 0 radical (unpaired) electrons. The van der Waals surface area contributed by atoms with E-state index < -0.39 is 15.9 Å². The minimum atomic E-state index is -3.65. The lowest BCUT2D eigenvalue weighted by Gasteiger charge is -2.10. The van der Waals surface area contributed by atoms with E-state index in [9.17, 15) is 13.2 Å². The van der Waals surface area contributed by atoms with E-state index in [0.29, 0.717) is 33.2 Å². The molecule has 4 rings (SSSR count). The quantitative estimate of drug-likeness (QED) is 0.378. The van der Waals surface area contributed by atoms with Gasteiger partial charge in [-0.1, -0.05) is 66.2 Å². The second-order valence-electron chi connectivity index (χ2n) is 7.71. The van der Waals surface area contributed by atoms with Crippen LogP contribution in [0.15, 0.2) is 83.8 Å². The number of urea groups is 1. The standard InChI is InChI=1S/C25H24ClN3O3S/c1-18-24(22-12-5-6-13-23(22)29(18)17-19-8-3-2-4-9-19)33(31,32)15-14-27-25(30)28-21-11-7-10-20(26)16-21/h2-13,16H,14-15,17H2,1H3,(H2,27,28,30). The van der Waals surface area contributed by atoms with Crippen molar-refractivity contribution in [2.45, 2.75) is 18.4 Å². The Balaban J connectivity index is 1.52. The normalized spacial score (nSPS) is 11.5. The molecular weight excluding hydrogens is 458 g/mol. The van der Waals surface area contributed by atoms with E-state index in [0.717, 1.165) is 11.1 Å². The smallest absolute Gasteiger partial charge is 0.319 e. The molecule has 6 nitrogen and oxygen atoms in total. The van der Waals surface area contributed by atoms with Gasteiger partial charge in [0.25, 0.3) is 0 Å². The Labute approximate surface area is 198 Å². The molecule has 0 aliphatic heterocycles. The summed E-state index contributed by atoms with van der Waals surface area (Å²) in [5.74, 6) is -0.212. The van der Waals surface area contributed by atoms with Gasteiger partial charge in [0, 0.05) is 40.4 Å². The molecule has 0 bridgehead atoms. The van der Waals surface area contributed by atoms with Crippen molar-refractivity contribution in [2.24, 2.45) is 0 Å². The Hall–Kier alpha value is -3.29. The lowest BCUT2D eigenvalue weighted by molar-refractivity contribution is 0.252. The van der Waals surface area contributed by atoms with Crippen LogP contribution in [0, 0.1) is 6.92 Å². The van der Waals surface area contributed by atoms with Crippen molar-refractivity contribution >= 4 is 44.1 Å². The monoisotopic (exact) mass is 481 g/mol. The maximum atomic E-state index is 13.3. The summed E-state index contributed by atoms with van der Waals surface area (Å²) in [6.45, 7) is 2.38. The molecule has 170 valence electrons. The first-order chi connectivity index (χ1) is 15.8. The van der Waals surface area contributed by atoms with Crippen LogP contribution in [0.5, 0.6) is 0 Å². The van der Waals surface area contributed by atoms with Crippen LogP contribution in [0.1, 0.15) is 11.3 Å². The summed E-state index contributed by atoms with van der Waals surface area (Å²) < 4.78 is 28.7. The zero-order valence-electron chi connectivity index (χ0n) is 18.1. The van der Waals surface area contributed by atoms with E-state index in [2.05, 4.69) is 10.6 Å². The maximum Gasteiger partial charge on any atom is 0.319 e. The van der Waals surface area contributed by atoms with Gasteiger partial charge in [-0.15, -0.1) is 0 Å². The van der Waals surface area contributed by atoms with Gasteiger partial charge in [-0.2, -0.15) is 0 Å². The molecule has 0 aliphatic carbocycles. The Morgan fingerprint density at radius 3 is 2.45 bits per heavy atom. The Kier molecular flexibility index (Phi) is 6.72. The number of benzene rings is 3. The number of fused-ring (bicyclic) bond motifs is 1. The second-order valence-corrected chi connectivity index (χ2v) is 10.2. The minimum absolute atomic E-state index is 0.0215. The van der Waals surface area contributed by atoms with Crippen molar-refractivity contribution in [1.82, 2.24) is 9.88 Å². The van der Waals surface area contributed by atoms with Gasteiger partial charge in [-0.05, 0) is 36.8 Å². The Bertz CT molecular complexity index is 1400. The van der Waals surface area contributed by atoms with Crippen molar-refractivity contribution in [3.63, 3.8) is 0 Å². The van der Waals surface area contributed by atoms with Crippen molar-refractivity contribution in [2.75, 3.05) is 17.6 Å². The predicted octanol–water partition coefficient (Wildman–Crippen LogP) is 5.25. The van der Waals surface area contributed by atoms with Gasteiger partial charge in [0.15, 0.2) is 9.84 Å². The molecule has 1 aromatic heterocycles. The van der Waals surface area contributed by atoms with Gasteiger partial charge in [0.05, 0.1) is 10.6 Å². The number of nitrogens with zero attached hydrogens (tertiary/aromatic N) is 1. The van der Waals surface area contributed by atoms with Crippen molar-refractivity contribution in [3.8, 4) is 0 Å². The Morgan fingerprint density at radius 2 is 1.70 bits per heavy atom. The summed E-state index contributed by atoms with van der Waals surface area (Å²) >= 11 is 5.92. The molecular formula is C25H24ClN3O3S. The number of amides is 2. The van der Waals surface area contributed by atoms with Gasteiger partial charge in [0.2, 0.25) is 0 Å². The lowest BCUT2D eigenvalue weighted by atomic mass is 10.2. The average molecular weight is 482 g/mol. The maximum absolute atomic E-state index is 13.3. The highest BCUT2D eigenvalue weighted by molar-refractivity contribution is 7.91. The summed E-state index contributed by atoms with van der Waals surface area (Å²) in [5.41, 5.74) is 3.17. The molecule has 0 atom stereocenters.